The van der Waals surface area contributed by atoms with Crippen LogP contribution in [0.1, 0.15) is 21.7 Å². The molecule has 0 unspecified atom stereocenters. The van der Waals surface area contributed by atoms with Gasteiger partial charge < -0.3 is 4.90 Å². The van der Waals surface area contributed by atoms with Crippen molar-refractivity contribution in [3.63, 3.8) is 0 Å². The lowest BCUT2D eigenvalue weighted by Crippen LogP contribution is -2.36. The van der Waals surface area contributed by atoms with Crippen LogP contribution in [0.15, 0.2) is 35.1 Å². The monoisotopic (exact) mass is 371 g/mol. The van der Waals surface area contributed by atoms with Crippen molar-refractivity contribution in [3.05, 3.63) is 52.0 Å². The second-order valence-corrected chi connectivity index (χ2v) is 6.56. The number of hydrogen-bond donors (Lipinski definition) is 0. The van der Waals surface area contributed by atoms with E-state index in [-0.39, 0.29) is 5.91 Å². The van der Waals surface area contributed by atoms with Gasteiger partial charge in [-0.05, 0) is 39.7 Å². The van der Waals surface area contributed by atoms with Crippen molar-refractivity contribution in [2.45, 2.75) is 13.0 Å². The highest BCUT2D eigenvalue weighted by molar-refractivity contribution is 9.10. The third kappa shape index (κ3) is 2.61. The van der Waals surface area contributed by atoms with Gasteiger partial charge in [0.25, 0.3) is 5.91 Å². The Labute approximate surface area is 141 Å². The van der Waals surface area contributed by atoms with E-state index in [2.05, 4.69) is 37.1 Å². The summed E-state index contributed by atoms with van der Waals surface area (Å²) in [6, 6.07) is 5.82. The Morgan fingerprint density at radius 3 is 3.00 bits per heavy atom. The van der Waals surface area contributed by atoms with Crippen molar-refractivity contribution < 1.29 is 4.79 Å². The van der Waals surface area contributed by atoms with Crippen LogP contribution in [-0.2, 0) is 20.0 Å². The van der Waals surface area contributed by atoms with Crippen LogP contribution in [0.2, 0.25) is 0 Å². The van der Waals surface area contributed by atoms with E-state index in [1.165, 1.54) is 0 Å². The summed E-state index contributed by atoms with van der Waals surface area (Å²) in [5.41, 5.74) is 3.33. The van der Waals surface area contributed by atoms with Gasteiger partial charge >= 0.3 is 0 Å². The van der Waals surface area contributed by atoms with Crippen LogP contribution < -0.4 is 0 Å². The molecule has 0 saturated carbocycles. The molecule has 0 atom stereocenters. The van der Waals surface area contributed by atoms with Crippen LogP contribution in [0, 0.1) is 0 Å². The van der Waals surface area contributed by atoms with Crippen molar-refractivity contribution in [2.24, 2.45) is 7.05 Å². The molecule has 23 heavy (non-hydrogen) atoms. The topological polar surface area (TPSA) is 63.9 Å². The molecule has 3 aromatic rings. The maximum absolute atomic E-state index is 12.6. The van der Waals surface area contributed by atoms with Crippen molar-refractivity contribution >= 4 is 32.9 Å². The zero-order valence-corrected chi connectivity index (χ0v) is 14.1. The number of nitrogens with zero attached hydrogens (tertiary/aromatic N) is 5. The van der Waals surface area contributed by atoms with Crippen molar-refractivity contribution in [2.75, 3.05) is 6.54 Å². The number of aromatic nitrogens is 4. The summed E-state index contributed by atoms with van der Waals surface area (Å²) in [5.74, 6) is -0.0382. The molecule has 116 valence electrons. The summed E-state index contributed by atoms with van der Waals surface area (Å²) < 4.78 is 2.56. The lowest BCUT2D eigenvalue weighted by molar-refractivity contribution is 0.0727. The molecule has 3 aromatic heterocycles. The minimum absolute atomic E-state index is 0.0382. The molecule has 1 aliphatic rings. The molecule has 0 saturated heterocycles. The second kappa shape index (κ2) is 5.42. The molecule has 0 bridgehead atoms. The fourth-order valence-electron chi connectivity index (χ4n) is 2.86. The number of aryl methyl sites for hydroxylation is 1. The van der Waals surface area contributed by atoms with Crippen LogP contribution in [-0.4, -0.2) is 37.1 Å². The third-order valence-electron chi connectivity index (χ3n) is 4.00. The van der Waals surface area contributed by atoms with Gasteiger partial charge in [0, 0.05) is 54.5 Å². The zero-order chi connectivity index (χ0) is 16.0. The average molecular weight is 372 g/mol. The normalized spacial score (nSPS) is 14.1. The van der Waals surface area contributed by atoms with Crippen molar-refractivity contribution in [1.29, 1.82) is 0 Å². The Morgan fingerprint density at radius 2 is 2.22 bits per heavy atom. The smallest absolute Gasteiger partial charge is 0.274 e. The Balaban J connectivity index is 1.67. The number of carbonyl (C=O) groups is 1. The summed E-state index contributed by atoms with van der Waals surface area (Å²) in [6.07, 6.45) is 4.27. The molecular weight excluding hydrogens is 358 g/mol. The van der Waals surface area contributed by atoms with Gasteiger partial charge in [0.05, 0.1) is 0 Å². The number of pyridine rings is 2. The average Bonchev–Trinajstić information content (AvgIpc) is 2.98. The predicted octanol–water partition coefficient (Wildman–Crippen LogP) is 2.32. The Hall–Kier alpha value is -2.28. The molecule has 1 amide bonds. The molecule has 0 spiro atoms. The van der Waals surface area contributed by atoms with E-state index in [9.17, 15) is 4.79 Å². The molecule has 1 aliphatic heterocycles. The maximum atomic E-state index is 12.6. The minimum atomic E-state index is -0.0382. The van der Waals surface area contributed by atoms with E-state index in [1.54, 1.807) is 23.1 Å². The Bertz CT molecular complexity index is 920. The molecule has 7 heteroatoms. The van der Waals surface area contributed by atoms with Crippen LogP contribution in [0.4, 0.5) is 0 Å². The number of amides is 1. The number of carbonyl (C=O) groups excluding carboxylic acids is 1. The number of rotatable bonds is 1. The van der Waals surface area contributed by atoms with Gasteiger partial charge in [0.15, 0.2) is 5.65 Å². The standard InChI is InChI=1S/C16H14BrN5O/c1-21-4-2-14(20-21)16(23)22-5-3-13-11(9-22)6-10-7-12(17)8-18-15(10)19-13/h2,4,6-8H,3,5,9H2,1H3. The largest absolute Gasteiger partial charge is 0.332 e. The first-order valence-corrected chi connectivity index (χ1v) is 8.12. The zero-order valence-electron chi connectivity index (χ0n) is 12.5. The second-order valence-electron chi connectivity index (χ2n) is 5.65. The fraction of sp³-hybridized carbons (Fsp3) is 0.250. The first-order chi connectivity index (χ1) is 11.1. The first kappa shape index (κ1) is 14.3. The highest BCUT2D eigenvalue weighted by Crippen LogP contribution is 2.24. The van der Waals surface area contributed by atoms with Crippen LogP contribution in [0.25, 0.3) is 11.0 Å². The van der Waals surface area contributed by atoms with Crippen LogP contribution in [0.5, 0.6) is 0 Å². The number of hydrogen-bond acceptors (Lipinski definition) is 4. The summed E-state index contributed by atoms with van der Waals surface area (Å²) in [4.78, 5) is 23.4. The van der Waals surface area contributed by atoms with E-state index in [0.29, 0.717) is 18.8 Å². The van der Waals surface area contributed by atoms with Crippen LogP contribution in [0.3, 0.4) is 0 Å². The van der Waals surface area contributed by atoms with Gasteiger partial charge in [-0.15, -0.1) is 0 Å². The minimum Gasteiger partial charge on any atom is -0.332 e. The molecule has 0 aliphatic carbocycles. The highest BCUT2D eigenvalue weighted by Gasteiger charge is 2.24. The predicted molar refractivity (Wildman–Crippen MR) is 88.9 cm³/mol. The Morgan fingerprint density at radius 1 is 1.35 bits per heavy atom. The number of fused-ring (bicyclic) bond motifs is 2. The lowest BCUT2D eigenvalue weighted by Gasteiger charge is -2.27. The van der Waals surface area contributed by atoms with E-state index in [4.69, 9.17) is 0 Å². The van der Waals surface area contributed by atoms with Gasteiger partial charge in [0.2, 0.25) is 0 Å². The quantitative estimate of drug-likeness (QED) is 0.658. The summed E-state index contributed by atoms with van der Waals surface area (Å²) >= 11 is 3.43. The molecule has 0 aromatic carbocycles. The summed E-state index contributed by atoms with van der Waals surface area (Å²) in [7, 11) is 1.81. The highest BCUT2D eigenvalue weighted by atomic mass is 79.9. The van der Waals surface area contributed by atoms with Crippen molar-refractivity contribution in [1.82, 2.24) is 24.6 Å². The fourth-order valence-corrected chi connectivity index (χ4v) is 3.21. The third-order valence-corrected chi connectivity index (χ3v) is 4.44. The molecule has 4 rings (SSSR count). The van der Waals surface area contributed by atoms with Gasteiger partial charge in [-0.25, -0.2) is 9.97 Å². The SMILES string of the molecule is Cn1ccc(C(=O)N2CCc3nc4ncc(Br)cc4cc3C2)n1. The molecule has 4 heterocycles. The summed E-state index contributed by atoms with van der Waals surface area (Å²) in [6.45, 7) is 1.21. The summed E-state index contributed by atoms with van der Waals surface area (Å²) in [5, 5.41) is 5.17. The molecule has 6 nitrogen and oxygen atoms in total. The van der Waals surface area contributed by atoms with E-state index in [0.717, 1.165) is 33.2 Å². The lowest BCUT2D eigenvalue weighted by atomic mass is 10.0. The molecule has 0 radical (unpaired) electrons. The maximum Gasteiger partial charge on any atom is 0.274 e. The van der Waals surface area contributed by atoms with Gasteiger partial charge in [-0.3, -0.25) is 9.48 Å². The van der Waals surface area contributed by atoms with E-state index >= 15 is 0 Å². The first-order valence-electron chi connectivity index (χ1n) is 7.33. The van der Waals surface area contributed by atoms with Gasteiger partial charge in [-0.1, -0.05) is 0 Å². The number of halogens is 1. The van der Waals surface area contributed by atoms with Crippen LogP contribution >= 0.6 is 15.9 Å². The van der Waals surface area contributed by atoms with Gasteiger partial charge in [-0.2, -0.15) is 5.10 Å². The van der Waals surface area contributed by atoms with E-state index in [1.807, 2.05) is 18.0 Å². The van der Waals surface area contributed by atoms with Gasteiger partial charge in [0.1, 0.15) is 5.69 Å². The Kier molecular flexibility index (Phi) is 3.37. The van der Waals surface area contributed by atoms with Crippen molar-refractivity contribution in [3.8, 4) is 0 Å². The van der Waals surface area contributed by atoms with E-state index < -0.39 is 0 Å². The molecule has 0 N–H and O–H groups in total. The molecular formula is C16H14BrN5O. The molecule has 0 fully saturated rings.